The van der Waals surface area contributed by atoms with Gasteiger partial charge in [0.15, 0.2) is 17.3 Å². The van der Waals surface area contributed by atoms with Crippen molar-refractivity contribution in [1.82, 2.24) is 0 Å². The van der Waals surface area contributed by atoms with E-state index in [1.165, 1.54) is 4.88 Å². The molecule has 0 spiro atoms. The third-order valence-electron chi connectivity index (χ3n) is 5.23. The standard InChI is InChI=1S/C20H18BrNO3S/c1-20(2)7-12-19(13(23)8-20)18(16-3-4-17(21)26-16)10-5-14-15(25-9-24-14)6-11(10)22-12/h3-6,18,22H,7-9H2,1-2H3. The van der Waals surface area contributed by atoms with E-state index in [4.69, 9.17) is 9.47 Å². The number of anilines is 1. The summed E-state index contributed by atoms with van der Waals surface area (Å²) in [6, 6.07) is 8.19. The van der Waals surface area contributed by atoms with Crippen LogP contribution in [-0.4, -0.2) is 12.6 Å². The molecule has 0 saturated heterocycles. The Morgan fingerprint density at radius 1 is 1.19 bits per heavy atom. The molecule has 3 aliphatic rings. The van der Waals surface area contributed by atoms with Crippen molar-refractivity contribution >= 4 is 38.7 Å². The Morgan fingerprint density at radius 2 is 1.96 bits per heavy atom. The first-order chi connectivity index (χ1) is 12.4. The number of ketones is 1. The molecule has 1 atom stereocenters. The van der Waals surface area contributed by atoms with Crippen LogP contribution in [0.25, 0.3) is 0 Å². The highest BCUT2D eigenvalue weighted by Crippen LogP contribution is 2.52. The fourth-order valence-corrected chi connectivity index (χ4v) is 5.74. The number of hydrogen-bond donors (Lipinski definition) is 1. The van der Waals surface area contributed by atoms with Crippen LogP contribution in [0.4, 0.5) is 5.69 Å². The molecule has 1 aromatic heterocycles. The zero-order chi connectivity index (χ0) is 18.1. The maximum absolute atomic E-state index is 13.1. The van der Waals surface area contributed by atoms with E-state index in [9.17, 15) is 4.79 Å². The van der Waals surface area contributed by atoms with Gasteiger partial charge in [-0.2, -0.15) is 0 Å². The van der Waals surface area contributed by atoms with Crippen LogP contribution in [0.15, 0.2) is 39.3 Å². The quantitative estimate of drug-likeness (QED) is 0.652. The number of carbonyl (C=O) groups is 1. The molecule has 1 aromatic carbocycles. The molecule has 0 saturated carbocycles. The Balaban J connectivity index is 1.73. The number of fused-ring (bicyclic) bond motifs is 2. The maximum atomic E-state index is 13.1. The molecule has 1 N–H and O–H groups in total. The second-order valence-corrected chi connectivity index (χ2v) is 10.3. The van der Waals surface area contributed by atoms with Crippen molar-refractivity contribution in [2.45, 2.75) is 32.6 Å². The number of benzene rings is 1. The molecular weight excluding hydrogens is 414 g/mol. The monoisotopic (exact) mass is 431 g/mol. The van der Waals surface area contributed by atoms with Crippen LogP contribution in [0.2, 0.25) is 0 Å². The predicted molar refractivity (Wildman–Crippen MR) is 105 cm³/mol. The lowest BCUT2D eigenvalue weighted by Crippen LogP contribution is -2.33. The average molecular weight is 432 g/mol. The normalized spacial score (nSPS) is 22.7. The van der Waals surface area contributed by atoms with Gasteiger partial charge in [0.25, 0.3) is 0 Å². The SMILES string of the molecule is CC1(C)CC(=O)C2=C(C1)Nc1cc3c(cc1C2c1ccc(Br)s1)OCO3. The van der Waals surface area contributed by atoms with Crippen molar-refractivity contribution in [3.05, 3.63) is 49.8 Å². The minimum atomic E-state index is -0.0596. The van der Waals surface area contributed by atoms with E-state index in [0.29, 0.717) is 6.42 Å². The van der Waals surface area contributed by atoms with Gasteiger partial charge in [0.05, 0.1) is 9.70 Å². The van der Waals surface area contributed by atoms with Gasteiger partial charge in [-0.05, 0) is 51.5 Å². The van der Waals surface area contributed by atoms with Crippen LogP contribution in [0.3, 0.4) is 0 Å². The zero-order valence-electron chi connectivity index (χ0n) is 14.5. The highest BCUT2D eigenvalue weighted by molar-refractivity contribution is 9.11. The van der Waals surface area contributed by atoms with E-state index < -0.39 is 0 Å². The van der Waals surface area contributed by atoms with E-state index in [2.05, 4.69) is 41.2 Å². The molecule has 26 heavy (non-hydrogen) atoms. The Labute approximate surface area is 164 Å². The van der Waals surface area contributed by atoms with Gasteiger partial charge >= 0.3 is 0 Å². The van der Waals surface area contributed by atoms with Crippen LogP contribution in [0, 0.1) is 5.41 Å². The summed E-state index contributed by atoms with van der Waals surface area (Å²) in [5.74, 6) is 1.68. The van der Waals surface area contributed by atoms with Gasteiger partial charge in [0, 0.05) is 34.3 Å². The van der Waals surface area contributed by atoms with Crippen LogP contribution >= 0.6 is 27.3 Å². The van der Waals surface area contributed by atoms with Crippen molar-refractivity contribution in [3.8, 4) is 11.5 Å². The fourth-order valence-electron chi connectivity index (χ4n) is 4.18. The summed E-state index contributed by atoms with van der Waals surface area (Å²) in [6.45, 7) is 4.55. The van der Waals surface area contributed by atoms with E-state index in [1.54, 1.807) is 11.3 Å². The first-order valence-electron chi connectivity index (χ1n) is 8.63. The summed E-state index contributed by atoms with van der Waals surface area (Å²) in [5.41, 5.74) is 4.01. The highest BCUT2D eigenvalue weighted by Gasteiger charge is 2.41. The summed E-state index contributed by atoms with van der Waals surface area (Å²) >= 11 is 5.25. The molecule has 0 amide bonds. The third kappa shape index (κ3) is 2.50. The number of nitrogens with one attached hydrogen (secondary N) is 1. The molecule has 2 aromatic rings. The highest BCUT2D eigenvalue weighted by atomic mass is 79.9. The topological polar surface area (TPSA) is 47.6 Å². The molecule has 5 rings (SSSR count). The van der Waals surface area contributed by atoms with Gasteiger partial charge in [-0.25, -0.2) is 0 Å². The number of hydrogen-bond acceptors (Lipinski definition) is 5. The van der Waals surface area contributed by atoms with Gasteiger partial charge in [-0.1, -0.05) is 13.8 Å². The summed E-state index contributed by atoms with van der Waals surface area (Å²) in [7, 11) is 0. The van der Waals surface area contributed by atoms with Gasteiger partial charge in [0.2, 0.25) is 6.79 Å². The van der Waals surface area contributed by atoms with Crippen LogP contribution < -0.4 is 14.8 Å². The molecule has 3 heterocycles. The number of allylic oxidation sites excluding steroid dienone is 2. The molecule has 0 radical (unpaired) electrons. The summed E-state index contributed by atoms with van der Waals surface area (Å²) in [4.78, 5) is 14.3. The molecule has 0 bridgehead atoms. The van der Waals surface area contributed by atoms with Crippen molar-refractivity contribution in [2.75, 3.05) is 12.1 Å². The van der Waals surface area contributed by atoms with Crippen LogP contribution in [0.5, 0.6) is 11.5 Å². The second kappa shape index (κ2) is 5.60. The van der Waals surface area contributed by atoms with E-state index >= 15 is 0 Å². The Morgan fingerprint density at radius 3 is 2.69 bits per heavy atom. The van der Waals surface area contributed by atoms with Gasteiger partial charge in [0.1, 0.15) is 0 Å². The Kier molecular flexibility index (Phi) is 3.53. The summed E-state index contributed by atoms with van der Waals surface area (Å²) < 4.78 is 12.2. The molecule has 1 unspecified atom stereocenters. The smallest absolute Gasteiger partial charge is 0.231 e. The molecule has 134 valence electrons. The minimum absolute atomic E-state index is 0.0304. The lowest BCUT2D eigenvalue weighted by molar-refractivity contribution is -0.118. The second-order valence-electron chi connectivity index (χ2n) is 7.83. The van der Waals surface area contributed by atoms with Crippen molar-refractivity contribution < 1.29 is 14.3 Å². The molecule has 1 aliphatic carbocycles. The minimum Gasteiger partial charge on any atom is -0.454 e. The lowest BCUT2D eigenvalue weighted by atomic mass is 9.70. The van der Waals surface area contributed by atoms with Crippen molar-refractivity contribution in [3.63, 3.8) is 0 Å². The van der Waals surface area contributed by atoms with Gasteiger partial charge < -0.3 is 14.8 Å². The zero-order valence-corrected chi connectivity index (χ0v) is 16.9. The fraction of sp³-hybridized carbons (Fsp3) is 0.350. The summed E-state index contributed by atoms with van der Waals surface area (Å²) in [6.07, 6.45) is 1.45. The van der Waals surface area contributed by atoms with Crippen LogP contribution in [0.1, 0.15) is 43.0 Å². The average Bonchev–Trinajstić information content (AvgIpc) is 3.18. The van der Waals surface area contributed by atoms with E-state index in [1.807, 2.05) is 18.2 Å². The number of ether oxygens (including phenoxy) is 2. The molecule has 2 aliphatic heterocycles. The van der Waals surface area contributed by atoms with Gasteiger partial charge in [-0.15, -0.1) is 11.3 Å². The predicted octanol–water partition coefficient (Wildman–Crippen LogP) is 5.44. The first kappa shape index (κ1) is 16.4. The molecule has 4 nitrogen and oxygen atoms in total. The largest absolute Gasteiger partial charge is 0.454 e. The number of Topliss-reactive ketones (excluding diaryl/α,β-unsaturated/α-hetero) is 1. The number of carbonyl (C=O) groups excluding carboxylic acids is 1. The number of rotatable bonds is 1. The molecule has 0 fully saturated rings. The van der Waals surface area contributed by atoms with E-state index in [-0.39, 0.29) is 23.9 Å². The maximum Gasteiger partial charge on any atom is 0.231 e. The molecular formula is C20H18BrNO3S. The third-order valence-corrected chi connectivity index (χ3v) is 6.92. The lowest BCUT2D eigenvalue weighted by Gasteiger charge is -2.39. The summed E-state index contributed by atoms with van der Waals surface area (Å²) in [5, 5.41) is 3.54. The Bertz CT molecular complexity index is 975. The Hall–Kier alpha value is -1.79. The number of halogens is 1. The first-order valence-corrected chi connectivity index (χ1v) is 10.2. The number of thiophene rings is 1. The van der Waals surface area contributed by atoms with Crippen LogP contribution in [-0.2, 0) is 4.79 Å². The van der Waals surface area contributed by atoms with Gasteiger partial charge in [-0.3, -0.25) is 4.79 Å². The molecule has 6 heteroatoms. The van der Waals surface area contributed by atoms with Crippen molar-refractivity contribution in [1.29, 1.82) is 0 Å². The van der Waals surface area contributed by atoms with Crippen molar-refractivity contribution in [2.24, 2.45) is 5.41 Å². The van der Waals surface area contributed by atoms with E-state index in [0.717, 1.165) is 44.2 Å².